The van der Waals surface area contributed by atoms with Crippen molar-refractivity contribution in [1.29, 1.82) is 0 Å². The van der Waals surface area contributed by atoms with Crippen LogP contribution in [0.2, 0.25) is 0 Å². The Bertz CT molecular complexity index is 843. The molecule has 126 valence electrons. The van der Waals surface area contributed by atoms with Gasteiger partial charge in [-0.05, 0) is 34.4 Å². The van der Waals surface area contributed by atoms with E-state index in [2.05, 4.69) is 24.3 Å². The first-order chi connectivity index (χ1) is 12.1. The van der Waals surface area contributed by atoms with Gasteiger partial charge in [-0.3, -0.25) is 4.79 Å². The van der Waals surface area contributed by atoms with E-state index in [4.69, 9.17) is 0 Å². The predicted molar refractivity (Wildman–Crippen MR) is 98.5 cm³/mol. The summed E-state index contributed by atoms with van der Waals surface area (Å²) in [4.78, 5) is 14.0. The van der Waals surface area contributed by atoms with Crippen molar-refractivity contribution in [2.75, 3.05) is 7.05 Å². The number of hydrogen-bond donors (Lipinski definition) is 0. The van der Waals surface area contributed by atoms with Crippen LogP contribution in [0.3, 0.4) is 0 Å². The number of benzene rings is 3. The Morgan fingerprint density at radius 2 is 1.52 bits per heavy atom. The normalized spacial score (nSPS) is 10.5. The van der Waals surface area contributed by atoms with Crippen molar-refractivity contribution in [2.24, 2.45) is 0 Å². The first kappa shape index (κ1) is 16.9. The molecule has 0 saturated carbocycles. The third-order valence-corrected chi connectivity index (χ3v) is 4.15. The SMILES string of the molecule is CN(Cc1ccc(-c2ccccc2)cc1)C(=O)Cc1cccc(F)c1. The highest BCUT2D eigenvalue weighted by Gasteiger charge is 2.11. The van der Waals surface area contributed by atoms with Gasteiger partial charge in [0.1, 0.15) is 5.82 Å². The summed E-state index contributed by atoms with van der Waals surface area (Å²) in [6, 6.07) is 24.6. The zero-order chi connectivity index (χ0) is 17.6. The summed E-state index contributed by atoms with van der Waals surface area (Å²) in [6.07, 6.45) is 0.205. The number of amides is 1. The molecule has 25 heavy (non-hydrogen) atoms. The first-order valence-corrected chi connectivity index (χ1v) is 8.24. The number of rotatable bonds is 5. The van der Waals surface area contributed by atoms with Crippen LogP contribution in [-0.2, 0) is 17.8 Å². The summed E-state index contributed by atoms with van der Waals surface area (Å²) in [5.41, 5.74) is 4.08. The summed E-state index contributed by atoms with van der Waals surface area (Å²) in [5, 5.41) is 0. The van der Waals surface area contributed by atoms with Crippen molar-refractivity contribution in [3.05, 3.63) is 95.8 Å². The molecular formula is C22H20FNO. The minimum absolute atomic E-state index is 0.0299. The number of nitrogens with zero attached hydrogens (tertiary/aromatic N) is 1. The highest BCUT2D eigenvalue weighted by atomic mass is 19.1. The van der Waals surface area contributed by atoms with Gasteiger partial charge in [0.25, 0.3) is 0 Å². The second-order valence-electron chi connectivity index (χ2n) is 6.12. The summed E-state index contributed by atoms with van der Waals surface area (Å²) in [7, 11) is 1.77. The average molecular weight is 333 g/mol. The molecule has 1 amide bonds. The van der Waals surface area contributed by atoms with E-state index < -0.39 is 0 Å². The number of carbonyl (C=O) groups excluding carboxylic acids is 1. The van der Waals surface area contributed by atoms with Gasteiger partial charge < -0.3 is 4.90 Å². The Morgan fingerprint density at radius 3 is 2.20 bits per heavy atom. The van der Waals surface area contributed by atoms with E-state index in [9.17, 15) is 9.18 Å². The van der Waals surface area contributed by atoms with E-state index in [1.54, 1.807) is 24.1 Å². The second-order valence-corrected chi connectivity index (χ2v) is 6.12. The fourth-order valence-electron chi connectivity index (χ4n) is 2.75. The Hall–Kier alpha value is -2.94. The largest absolute Gasteiger partial charge is 0.341 e. The van der Waals surface area contributed by atoms with Gasteiger partial charge >= 0.3 is 0 Å². The Labute approximate surface area is 147 Å². The molecule has 0 atom stereocenters. The molecule has 2 nitrogen and oxygen atoms in total. The van der Waals surface area contributed by atoms with E-state index in [1.165, 1.54) is 17.7 Å². The number of hydrogen-bond acceptors (Lipinski definition) is 1. The highest BCUT2D eigenvalue weighted by molar-refractivity contribution is 5.78. The molecule has 3 aromatic carbocycles. The molecule has 0 unspecified atom stereocenters. The van der Waals surface area contributed by atoms with Crippen LogP contribution in [0.25, 0.3) is 11.1 Å². The van der Waals surface area contributed by atoms with E-state index in [0.717, 1.165) is 11.1 Å². The Balaban J connectivity index is 1.62. The summed E-state index contributed by atoms with van der Waals surface area (Å²) >= 11 is 0. The van der Waals surface area contributed by atoms with Gasteiger partial charge in [0.05, 0.1) is 6.42 Å². The van der Waals surface area contributed by atoms with Gasteiger partial charge in [-0.25, -0.2) is 4.39 Å². The molecule has 0 fully saturated rings. The summed E-state index contributed by atoms with van der Waals surface area (Å²) in [5.74, 6) is -0.345. The van der Waals surface area contributed by atoms with E-state index in [0.29, 0.717) is 12.1 Å². The van der Waals surface area contributed by atoms with Crippen LogP contribution < -0.4 is 0 Å². The highest BCUT2D eigenvalue weighted by Crippen LogP contribution is 2.19. The second kappa shape index (κ2) is 7.75. The maximum absolute atomic E-state index is 13.2. The smallest absolute Gasteiger partial charge is 0.227 e. The molecule has 0 N–H and O–H groups in total. The third-order valence-electron chi connectivity index (χ3n) is 4.15. The van der Waals surface area contributed by atoms with Gasteiger partial charge in [0.15, 0.2) is 0 Å². The molecule has 0 heterocycles. The average Bonchev–Trinajstić information content (AvgIpc) is 2.63. The standard InChI is InChI=1S/C22H20FNO/c1-24(22(25)15-18-6-5-9-21(23)14-18)16-17-10-12-20(13-11-17)19-7-3-2-4-8-19/h2-14H,15-16H2,1H3. The summed E-state index contributed by atoms with van der Waals surface area (Å²) < 4.78 is 13.2. The van der Waals surface area contributed by atoms with Gasteiger partial charge in [-0.1, -0.05) is 66.7 Å². The van der Waals surface area contributed by atoms with Gasteiger partial charge in [-0.15, -0.1) is 0 Å². The van der Waals surface area contributed by atoms with E-state index in [1.807, 2.05) is 30.3 Å². The van der Waals surface area contributed by atoms with Gasteiger partial charge in [0.2, 0.25) is 5.91 Å². The Morgan fingerprint density at radius 1 is 0.840 bits per heavy atom. The topological polar surface area (TPSA) is 20.3 Å². The first-order valence-electron chi connectivity index (χ1n) is 8.24. The molecule has 0 aliphatic heterocycles. The molecular weight excluding hydrogens is 313 g/mol. The lowest BCUT2D eigenvalue weighted by Crippen LogP contribution is -2.27. The quantitative estimate of drug-likeness (QED) is 0.663. The fourth-order valence-corrected chi connectivity index (χ4v) is 2.75. The maximum atomic E-state index is 13.2. The molecule has 0 bridgehead atoms. The van der Waals surface area contributed by atoms with Gasteiger partial charge in [0, 0.05) is 13.6 Å². The van der Waals surface area contributed by atoms with Crippen LogP contribution in [0.1, 0.15) is 11.1 Å². The van der Waals surface area contributed by atoms with Crippen molar-refractivity contribution >= 4 is 5.91 Å². The van der Waals surface area contributed by atoms with Crippen LogP contribution in [0.5, 0.6) is 0 Å². The van der Waals surface area contributed by atoms with Crippen LogP contribution in [0.15, 0.2) is 78.9 Å². The van der Waals surface area contributed by atoms with E-state index >= 15 is 0 Å². The molecule has 3 rings (SSSR count). The van der Waals surface area contributed by atoms with Crippen LogP contribution in [-0.4, -0.2) is 17.9 Å². The van der Waals surface area contributed by atoms with Crippen LogP contribution in [0.4, 0.5) is 4.39 Å². The fraction of sp³-hybridized carbons (Fsp3) is 0.136. The van der Waals surface area contributed by atoms with Crippen molar-refractivity contribution in [2.45, 2.75) is 13.0 Å². The maximum Gasteiger partial charge on any atom is 0.227 e. The van der Waals surface area contributed by atoms with Crippen molar-refractivity contribution in [3.8, 4) is 11.1 Å². The number of halogens is 1. The number of likely N-dealkylation sites (N-methyl/N-ethyl adjacent to an activating group) is 1. The summed E-state index contributed by atoms with van der Waals surface area (Å²) in [6.45, 7) is 0.531. The zero-order valence-corrected chi connectivity index (χ0v) is 14.2. The molecule has 0 radical (unpaired) electrons. The van der Waals surface area contributed by atoms with Crippen molar-refractivity contribution in [1.82, 2.24) is 4.90 Å². The molecule has 3 heteroatoms. The predicted octanol–water partition coefficient (Wildman–Crippen LogP) is 4.69. The minimum Gasteiger partial charge on any atom is -0.341 e. The molecule has 0 aromatic heterocycles. The molecule has 0 saturated heterocycles. The van der Waals surface area contributed by atoms with Crippen LogP contribution in [0, 0.1) is 5.82 Å². The number of carbonyl (C=O) groups is 1. The van der Waals surface area contributed by atoms with Gasteiger partial charge in [-0.2, -0.15) is 0 Å². The lowest BCUT2D eigenvalue weighted by molar-refractivity contribution is -0.129. The van der Waals surface area contributed by atoms with Crippen molar-refractivity contribution in [3.63, 3.8) is 0 Å². The van der Waals surface area contributed by atoms with Crippen LogP contribution >= 0.6 is 0 Å². The lowest BCUT2D eigenvalue weighted by Gasteiger charge is -2.17. The lowest BCUT2D eigenvalue weighted by atomic mass is 10.0. The molecule has 0 aliphatic rings. The Kier molecular flexibility index (Phi) is 5.24. The molecule has 0 aliphatic carbocycles. The monoisotopic (exact) mass is 333 g/mol. The van der Waals surface area contributed by atoms with E-state index in [-0.39, 0.29) is 18.1 Å². The molecule has 0 spiro atoms. The zero-order valence-electron chi connectivity index (χ0n) is 14.2. The van der Waals surface area contributed by atoms with Crippen molar-refractivity contribution < 1.29 is 9.18 Å². The third kappa shape index (κ3) is 4.54. The minimum atomic E-state index is -0.315. The molecule has 3 aromatic rings.